The molecule has 0 heterocycles. The Morgan fingerprint density at radius 2 is 1.90 bits per heavy atom. The molecule has 1 N–H and O–H groups in total. The molecule has 2 aromatic rings. The summed E-state index contributed by atoms with van der Waals surface area (Å²) in [4.78, 5) is 11.2. The standard InChI is InChI=1S/C17H18FNO2/c1-19-17(20)10-7-13-5-8-16(9-6-13)21-12-14-3-2-4-15(18)11-14/h2-6,8-9,11H,7,10,12H2,1H3,(H,19,20). The lowest BCUT2D eigenvalue weighted by Crippen LogP contribution is -2.17. The predicted octanol–water partition coefficient (Wildman–Crippen LogP) is 3.08. The summed E-state index contributed by atoms with van der Waals surface area (Å²) in [6, 6.07) is 13.9. The molecule has 0 saturated heterocycles. The lowest BCUT2D eigenvalue weighted by Gasteiger charge is -2.07. The van der Waals surface area contributed by atoms with Gasteiger partial charge < -0.3 is 10.1 Å². The number of benzene rings is 2. The van der Waals surface area contributed by atoms with E-state index in [2.05, 4.69) is 5.32 Å². The summed E-state index contributed by atoms with van der Waals surface area (Å²) in [5.41, 5.74) is 1.87. The third-order valence-electron chi connectivity index (χ3n) is 3.14. The molecular formula is C17H18FNO2. The Morgan fingerprint density at radius 3 is 2.57 bits per heavy atom. The summed E-state index contributed by atoms with van der Waals surface area (Å²) < 4.78 is 18.6. The maximum Gasteiger partial charge on any atom is 0.220 e. The zero-order valence-corrected chi connectivity index (χ0v) is 11.9. The Bertz CT molecular complexity index is 596. The third kappa shape index (κ3) is 4.91. The van der Waals surface area contributed by atoms with E-state index < -0.39 is 0 Å². The van der Waals surface area contributed by atoms with Crippen LogP contribution in [0.1, 0.15) is 17.5 Å². The van der Waals surface area contributed by atoms with Crippen LogP contribution in [0.25, 0.3) is 0 Å². The van der Waals surface area contributed by atoms with Crippen molar-refractivity contribution in [1.29, 1.82) is 0 Å². The van der Waals surface area contributed by atoms with Crippen molar-refractivity contribution in [1.82, 2.24) is 5.32 Å². The van der Waals surface area contributed by atoms with Crippen LogP contribution in [0.15, 0.2) is 48.5 Å². The highest BCUT2D eigenvalue weighted by Gasteiger charge is 2.01. The van der Waals surface area contributed by atoms with Crippen LogP contribution in [0.4, 0.5) is 4.39 Å². The van der Waals surface area contributed by atoms with Crippen LogP contribution < -0.4 is 10.1 Å². The SMILES string of the molecule is CNC(=O)CCc1ccc(OCc2cccc(F)c2)cc1. The second-order valence-corrected chi connectivity index (χ2v) is 4.74. The molecule has 0 unspecified atom stereocenters. The smallest absolute Gasteiger partial charge is 0.220 e. The fourth-order valence-corrected chi connectivity index (χ4v) is 1.93. The minimum absolute atomic E-state index is 0.0291. The van der Waals surface area contributed by atoms with E-state index in [0.29, 0.717) is 19.4 Å². The molecule has 0 saturated carbocycles. The van der Waals surface area contributed by atoms with Crippen molar-refractivity contribution in [2.75, 3.05) is 7.05 Å². The number of aryl methyl sites for hydroxylation is 1. The van der Waals surface area contributed by atoms with Gasteiger partial charge >= 0.3 is 0 Å². The summed E-state index contributed by atoms with van der Waals surface area (Å²) in [5.74, 6) is 0.491. The molecule has 0 atom stereocenters. The van der Waals surface area contributed by atoms with Gasteiger partial charge in [-0.1, -0.05) is 24.3 Å². The normalized spacial score (nSPS) is 10.2. The Hall–Kier alpha value is -2.36. The third-order valence-corrected chi connectivity index (χ3v) is 3.14. The second kappa shape index (κ2) is 7.43. The molecular weight excluding hydrogens is 269 g/mol. The molecule has 0 aliphatic rings. The Morgan fingerprint density at radius 1 is 1.14 bits per heavy atom. The fourth-order valence-electron chi connectivity index (χ4n) is 1.93. The van der Waals surface area contributed by atoms with Crippen molar-refractivity contribution in [2.24, 2.45) is 0 Å². The first-order valence-electron chi connectivity index (χ1n) is 6.84. The minimum Gasteiger partial charge on any atom is -0.489 e. The molecule has 2 rings (SSSR count). The van der Waals surface area contributed by atoms with Crippen LogP contribution in [-0.2, 0) is 17.8 Å². The van der Waals surface area contributed by atoms with Crippen LogP contribution in [0.3, 0.4) is 0 Å². The van der Waals surface area contributed by atoms with Gasteiger partial charge in [0.05, 0.1) is 0 Å². The summed E-state index contributed by atoms with van der Waals surface area (Å²) >= 11 is 0. The monoisotopic (exact) mass is 287 g/mol. The molecule has 3 nitrogen and oxygen atoms in total. The van der Waals surface area contributed by atoms with Crippen LogP contribution in [0, 0.1) is 5.82 Å². The molecule has 4 heteroatoms. The van der Waals surface area contributed by atoms with Gasteiger partial charge in [0.25, 0.3) is 0 Å². The highest BCUT2D eigenvalue weighted by Crippen LogP contribution is 2.15. The molecule has 21 heavy (non-hydrogen) atoms. The largest absolute Gasteiger partial charge is 0.489 e. The molecule has 2 aromatic carbocycles. The van der Waals surface area contributed by atoms with Gasteiger partial charge in [-0.15, -0.1) is 0 Å². The summed E-state index contributed by atoms with van der Waals surface area (Å²) in [5, 5.41) is 2.60. The quantitative estimate of drug-likeness (QED) is 0.886. The molecule has 110 valence electrons. The molecule has 0 fully saturated rings. The predicted molar refractivity (Wildman–Crippen MR) is 79.6 cm³/mol. The van der Waals surface area contributed by atoms with Gasteiger partial charge in [0.1, 0.15) is 18.2 Å². The average molecular weight is 287 g/mol. The van der Waals surface area contributed by atoms with Crippen molar-refractivity contribution in [3.05, 3.63) is 65.5 Å². The van der Waals surface area contributed by atoms with Crippen LogP contribution in [0.5, 0.6) is 5.75 Å². The number of ether oxygens (including phenoxy) is 1. The highest BCUT2D eigenvalue weighted by atomic mass is 19.1. The average Bonchev–Trinajstić information content (AvgIpc) is 2.51. The Balaban J connectivity index is 1.86. The molecule has 0 spiro atoms. The zero-order chi connectivity index (χ0) is 15.1. The maximum atomic E-state index is 13.0. The van der Waals surface area contributed by atoms with E-state index in [1.165, 1.54) is 12.1 Å². The second-order valence-electron chi connectivity index (χ2n) is 4.74. The minimum atomic E-state index is -0.263. The van der Waals surface area contributed by atoms with Gasteiger partial charge in [0.15, 0.2) is 0 Å². The first kappa shape index (κ1) is 15.0. The van der Waals surface area contributed by atoms with Crippen molar-refractivity contribution < 1.29 is 13.9 Å². The molecule has 1 amide bonds. The Kier molecular flexibility index (Phi) is 5.32. The van der Waals surface area contributed by atoms with Gasteiger partial charge in [-0.2, -0.15) is 0 Å². The number of nitrogens with one attached hydrogen (secondary N) is 1. The first-order valence-corrected chi connectivity index (χ1v) is 6.84. The topological polar surface area (TPSA) is 38.3 Å². The van der Waals surface area contributed by atoms with E-state index in [1.54, 1.807) is 13.1 Å². The van der Waals surface area contributed by atoms with Crippen molar-refractivity contribution in [3.63, 3.8) is 0 Å². The van der Waals surface area contributed by atoms with E-state index in [1.807, 2.05) is 30.3 Å². The van der Waals surface area contributed by atoms with Crippen molar-refractivity contribution in [2.45, 2.75) is 19.4 Å². The number of halogens is 1. The summed E-state index contributed by atoms with van der Waals surface area (Å²) in [7, 11) is 1.63. The number of rotatable bonds is 6. The molecule has 0 aliphatic carbocycles. The number of hydrogen-bond acceptors (Lipinski definition) is 2. The van der Waals surface area contributed by atoms with Crippen LogP contribution in [0.2, 0.25) is 0 Å². The van der Waals surface area contributed by atoms with Gasteiger partial charge in [-0.3, -0.25) is 4.79 Å². The molecule has 0 bridgehead atoms. The number of hydrogen-bond donors (Lipinski definition) is 1. The fraction of sp³-hybridized carbons (Fsp3) is 0.235. The van der Waals surface area contributed by atoms with E-state index in [9.17, 15) is 9.18 Å². The molecule has 0 aliphatic heterocycles. The van der Waals surface area contributed by atoms with Crippen molar-refractivity contribution >= 4 is 5.91 Å². The zero-order valence-electron chi connectivity index (χ0n) is 11.9. The number of carbonyl (C=O) groups excluding carboxylic acids is 1. The van der Waals surface area contributed by atoms with E-state index in [-0.39, 0.29) is 11.7 Å². The van der Waals surface area contributed by atoms with E-state index >= 15 is 0 Å². The van der Waals surface area contributed by atoms with Gasteiger partial charge in [0, 0.05) is 13.5 Å². The van der Waals surface area contributed by atoms with Crippen molar-refractivity contribution in [3.8, 4) is 5.75 Å². The lowest BCUT2D eigenvalue weighted by atomic mass is 10.1. The van der Waals surface area contributed by atoms with E-state index in [0.717, 1.165) is 16.9 Å². The first-order chi connectivity index (χ1) is 10.2. The van der Waals surface area contributed by atoms with E-state index in [4.69, 9.17) is 4.74 Å². The lowest BCUT2D eigenvalue weighted by molar-refractivity contribution is -0.120. The number of amides is 1. The molecule has 0 radical (unpaired) electrons. The van der Waals surface area contributed by atoms with Crippen LogP contribution >= 0.6 is 0 Å². The van der Waals surface area contributed by atoms with Gasteiger partial charge in [0.2, 0.25) is 5.91 Å². The number of carbonyl (C=O) groups is 1. The van der Waals surface area contributed by atoms with Gasteiger partial charge in [-0.25, -0.2) is 4.39 Å². The van der Waals surface area contributed by atoms with Crippen LogP contribution in [-0.4, -0.2) is 13.0 Å². The maximum absolute atomic E-state index is 13.0. The summed E-state index contributed by atoms with van der Waals surface area (Å²) in [6.45, 7) is 0.329. The highest BCUT2D eigenvalue weighted by molar-refractivity contribution is 5.75. The summed E-state index contributed by atoms with van der Waals surface area (Å²) in [6.07, 6.45) is 1.17. The molecule has 0 aromatic heterocycles. The van der Waals surface area contributed by atoms with Gasteiger partial charge in [-0.05, 0) is 41.8 Å². The Labute approximate surface area is 123 Å².